The second-order valence-corrected chi connectivity index (χ2v) is 13.8. The van der Waals surface area contributed by atoms with E-state index < -0.39 is 17.6 Å². The minimum Gasteiger partial charge on any atom is -0.444 e. The van der Waals surface area contributed by atoms with Gasteiger partial charge in [0, 0.05) is 24.2 Å². The maximum absolute atomic E-state index is 12.7. The molecule has 0 spiro atoms. The Kier molecular flexibility index (Phi) is 9.87. The zero-order chi connectivity index (χ0) is 33.1. The summed E-state index contributed by atoms with van der Waals surface area (Å²) in [5, 5.41) is 10.7. The van der Waals surface area contributed by atoms with Crippen LogP contribution in [0.3, 0.4) is 0 Å². The van der Waals surface area contributed by atoms with Crippen LogP contribution in [-0.2, 0) is 16.0 Å². The summed E-state index contributed by atoms with van der Waals surface area (Å²) in [5.41, 5.74) is 4.40. The van der Waals surface area contributed by atoms with Crippen molar-refractivity contribution >= 4 is 17.1 Å². The number of imidazole rings is 2. The predicted molar refractivity (Wildman–Crippen MR) is 179 cm³/mol. The largest absolute Gasteiger partial charge is 0.444 e. The maximum atomic E-state index is 12.7. The third kappa shape index (κ3) is 8.55. The molecule has 4 aromatic rings. The first-order valence-electron chi connectivity index (χ1n) is 16.0. The molecule has 0 saturated carbocycles. The fourth-order valence-electron chi connectivity index (χ4n) is 5.47. The van der Waals surface area contributed by atoms with E-state index in [1.807, 2.05) is 95.8 Å². The molecule has 0 aliphatic carbocycles. The molecule has 1 fully saturated rings. The van der Waals surface area contributed by atoms with Crippen molar-refractivity contribution in [2.24, 2.45) is 0 Å². The number of carbonyl (C=O) groups is 1. The first-order chi connectivity index (χ1) is 21.8. The fraction of sp³-hybridized carbons (Fsp3) is 0.472. The topological polar surface area (TPSA) is 120 Å². The second kappa shape index (κ2) is 13.7. The molecule has 46 heavy (non-hydrogen) atoms. The fourth-order valence-corrected chi connectivity index (χ4v) is 5.47. The molecule has 1 aliphatic rings. The highest BCUT2D eigenvalue weighted by Crippen LogP contribution is 2.34. The molecule has 1 saturated heterocycles. The predicted octanol–water partition coefficient (Wildman–Crippen LogP) is 6.73. The van der Waals surface area contributed by atoms with Gasteiger partial charge in [-0.15, -0.1) is 0 Å². The van der Waals surface area contributed by atoms with Crippen LogP contribution >= 0.6 is 0 Å². The molecule has 2 aromatic heterocycles. The number of aliphatic hydroxyl groups excluding tert-OH is 1. The van der Waals surface area contributed by atoms with Crippen LogP contribution in [0.4, 0.5) is 4.79 Å². The third-order valence-electron chi connectivity index (χ3n) is 7.51. The minimum absolute atomic E-state index is 0.0380. The Balaban J connectivity index is 1.24. The molecule has 2 aromatic carbocycles. The summed E-state index contributed by atoms with van der Waals surface area (Å²) in [6.07, 6.45) is 3.15. The van der Waals surface area contributed by atoms with Gasteiger partial charge >= 0.3 is 6.09 Å². The van der Waals surface area contributed by atoms with E-state index in [4.69, 9.17) is 14.5 Å². The molecule has 1 aliphatic heterocycles. The number of aliphatic hydroxyl groups is 1. The highest BCUT2D eigenvalue weighted by Gasteiger charge is 2.35. The lowest BCUT2D eigenvalue weighted by molar-refractivity contribution is -0.243. The summed E-state index contributed by atoms with van der Waals surface area (Å²) in [6, 6.07) is 13.9. The van der Waals surface area contributed by atoms with Crippen molar-refractivity contribution in [1.82, 2.24) is 29.7 Å². The molecular weight excluding hydrogens is 580 g/mol. The van der Waals surface area contributed by atoms with Crippen molar-refractivity contribution in [2.45, 2.75) is 97.9 Å². The number of fused-ring (bicyclic) bond motifs is 1. The van der Waals surface area contributed by atoms with Crippen molar-refractivity contribution in [2.75, 3.05) is 13.1 Å². The van der Waals surface area contributed by atoms with E-state index in [0.29, 0.717) is 18.9 Å². The quantitative estimate of drug-likeness (QED) is 0.147. The Morgan fingerprint density at radius 2 is 1.78 bits per heavy atom. The van der Waals surface area contributed by atoms with Crippen LogP contribution in [0.15, 0.2) is 48.7 Å². The van der Waals surface area contributed by atoms with E-state index in [2.05, 4.69) is 26.8 Å². The normalized spacial score (nSPS) is 16.3. The number of nitrogens with zero attached hydrogens (tertiary/aromatic N) is 4. The van der Waals surface area contributed by atoms with E-state index in [0.717, 1.165) is 65.0 Å². The Hall–Kier alpha value is -4.17. The van der Waals surface area contributed by atoms with Crippen LogP contribution in [0.25, 0.3) is 22.3 Å². The highest BCUT2D eigenvalue weighted by molar-refractivity contribution is 5.77. The maximum Gasteiger partial charge on any atom is 0.410 e. The number of ether oxygens (including phenoxy) is 2. The van der Waals surface area contributed by atoms with Gasteiger partial charge in [0.25, 0.3) is 0 Å². The minimum atomic E-state index is -0.982. The van der Waals surface area contributed by atoms with Gasteiger partial charge in [-0.3, -0.25) is 0 Å². The average Bonchev–Trinajstić information content (AvgIpc) is 3.74. The molecule has 1 amide bonds. The van der Waals surface area contributed by atoms with Gasteiger partial charge in [0.05, 0.1) is 41.1 Å². The van der Waals surface area contributed by atoms with E-state index in [-0.39, 0.29) is 12.1 Å². The average molecular weight is 627 g/mol. The molecular formula is C36H46N6O4. The Morgan fingerprint density at radius 1 is 1.07 bits per heavy atom. The van der Waals surface area contributed by atoms with Gasteiger partial charge in [-0.25, -0.2) is 19.7 Å². The van der Waals surface area contributed by atoms with Gasteiger partial charge in [0.2, 0.25) is 6.41 Å². The van der Waals surface area contributed by atoms with Crippen molar-refractivity contribution in [3.63, 3.8) is 0 Å². The zero-order valence-corrected chi connectivity index (χ0v) is 28.0. The van der Waals surface area contributed by atoms with Gasteiger partial charge in [-0.2, -0.15) is 0 Å². The molecule has 5 rings (SSSR count). The molecule has 10 heteroatoms. The SMILES string of the molecule is CCCN(Cc1ncc(-c2ccc(C#Cc3ccc4nc([C@@H]5CCCN5C(O)OC(C)(C)C)[nH]c4c3)cc2)[nH]1)C(=O)OC(C)(C)C. The summed E-state index contributed by atoms with van der Waals surface area (Å²) in [7, 11) is 0. The van der Waals surface area contributed by atoms with Crippen molar-refractivity contribution in [1.29, 1.82) is 0 Å². The van der Waals surface area contributed by atoms with Crippen LogP contribution in [-0.4, -0.2) is 71.6 Å². The van der Waals surface area contributed by atoms with Crippen molar-refractivity contribution in [3.05, 3.63) is 71.4 Å². The standard InChI is InChI=1S/C36H46N6O4/c1-8-19-41(33(43)45-35(2,3)4)23-31-37-22-29(38-31)26-16-13-24(14-17-26)11-12-25-15-18-27-28(21-25)40-32(39-27)30-10-9-20-42(30)34(44)46-36(5,6)7/h13-18,21-22,30,34,44H,8-10,19-20,23H2,1-7H3,(H,37,38)(H,39,40)/t30-,34?/m0/s1. The summed E-state index contributed by atoms with van der Waals surface area (Å²) in [6.45, 7) is 15.1. The molecule has 3 N–H and O–H groups in total. The number of benzene rings is 2. The Morgan fingerprint density at radius 3 is 2.48 bits per heavy atom. The number of carbonyl (C=O) groups excluding carboxylic acids is 1. The van der Waals surface area contributed by atoms with Crippen LogP contribution in [0.1, 0.15) is 96.5 Å². The molecule has 3 heterocycles. The summed E-state index contributed by atoms with van der Waals surface area (Å²) < 4.78 is 11.4. The van der Waals surface area contributed by atoms with Gasteiger partial charge in [0.1, 0.15) is 17.2 Å². The molecule has 1 unspecified atom stereocenters. The van der Waals surface area contributed by atoms with E-state index in [1.165, 1.54) is 0 Å². The monoisotopic (exact) mass is 626 g/mol. The molecule has 2 atom stereocenters. The number of aromatic nitrogens is 4. The van der Waals surface area contributed by atoms with Gasteiger partial charge < -0.3 is 29.4 Å². The van der Waals surface area contributed by atoms with Crippen LogP contribution < -0.4 is 0 Å². The van der Waals surface area contributed by atoms with Crippen molar-refractivity contribution in [3.8, 4) is 23.1 Å². The second-order valence-electron chi connectivity index (χ2n) is 13.8. The number of nitrogens with one attached hydrogen (secondary N) is 2. The number of hydrogen-bond donors (Lipinski definition) is 3. The lowest BCUT2D eigenvalue weighted by Crippen LogP contribution is -2.41. The van der Waals surface area contributed by atoms with Gasteiger partial charge in [0.15, 0.2) is 0 Å². The van der Waals surface area contributed by atoms with Gasteiger partial charge in [-0.05, 0) is 96.7 Å². The van der Waals surface area contributed by atoms with E-state index >= 15 is 0 Å². The first-order valence-corrected chi connectivity index (χ1v) is 16.0. The van der Waals surface area contributed by atoms with Crippen molar-refractivity contribution < 1.29 is 19.4 Å². The van der Waals surface area contributed by atoms with Crippen LogP contribution in [0, 0.1) is 11.8 Å². The number of likely N-dealkylation sites (tertiary alicyclic amines) is 1. The number of aromatic amines is 2. The first kappa shape index (κ1) is 33.2. The van der Waals surface area contributed by atoms with Gasteiger partial charge in [-0.1, -0.05) is 30.9 Å². The Bertz CT molecular complexity index is 1700. The van der Waals surface area contributed by atoms with Crippen LogP contribution in [0.5, 0.6) is 0 Å². The summed E-state index contributed by atoms with van der Waals surface area (Å²) in [5.74, 6) is 8.06. The Labute approximate surface area is 271 Å². The lowest BCUT2D eigenvalue weighted by Gasteiger charge is -2.32. The summed E-state index contributed by atoms with van der Waals surface area (Å²) >= 11 is 0. The number of rotatable bonds is 8. The smallest absolute Gasteiger partial charge is 0.410 e. The lowest BCUT2D eigenvalue weighted by atomic mass is 10.1. The molecule has 244 valence electrons. The highest BCUT2D eigenvalue weighted by atomic mass is 16.6. The summed E-state index contributed by atoms with van der Waals surface area (Å²) in [4.78, 5) is 32.4. The molecule has 10 nitrogen and oxygen atoms in total. The zero-order valence-electron chi connectivity index (χ0n) is 28.0. The number of hydrogen-bond acceptors (Lipinski definition) is 7. The van der Waals surface area contributed by atoms with E-state index in [9.17, 15) is 9.90 Å². The molecule has 0 bridgehead atoms. The number of amides is 1. The van der Waals surface area contributed by atoms with Crippen LogP contribution in [0.2, 0.25) is 0 Å². The van der Waals surface area contributed by atoms with E-state index in [1.54, 1.807) is 11.1 Å². The third-order valence-corrected chi connectivity index (χ3v) is 7.51. The number of H-pyrrole nitrogens is 2. The molecule has 0 radical (unpaired) electrons.